The summed E-state index contributed by atoms with van der Waals surface area (Å²) in [5.41, 5.74) is 0.933. The van der Waals surface area contributed by atoms with Crippen molar-refractivity contribution in [3.63, 3.8) is 0 Å². The molecule has 1 aromatic carbocycles. The fourth-order valence-corrected chi connectivity index (χ4v) is 3.96. The minimum atomic E-state index is -3.67. The third kappa shape index (κ3) is 3.99. The first-order valence-electron chi connectivity index (χ1n) is 6.36. The number of thiophene rings is 1. The quantitative estimate of drug-likeness (QED) is 0.823. The van der Waals surface area contributed by atoms with E-state index in [0.29, 0.717) is 5.75 Å². The van der Waals surface area contributed by atoms with E-state index in [2.05, 4.69) is 4.72 Å². The molecule has 0 aliphatic heterocycles. The Bertz CT molecular complexity index is 716. The van der Waals surface area contributed by atoms with Gasteiger partial charge in [0.2, 0.25) is 10.0 Å². The Labute approximate surface area is 138 Å². The number of benzene rings is 1. The van der Waals surface area contributed by atoms with Crippen LogP contribution in [0.2, 0.25) is 5.02 Å². The van der Waals surface area contributed by atoms with Crippen LogP contribution in [0.5, 0.6) is 5.75 Å². The highest BCUT2D eigenvalue weighted by molar-refractivity contribution is 7.89. The van der Waals surface area contributed by atoms with Crippen LogP contribution >= 0.6 is 22.9 Å². The summed E-state index contributed by atoms with van der Waals surface area (Å²) in [6.45, 7) is 0.138. The molecule has 5 nitrogen and oxygen atoms in total. The molecule has 0 fully saturated rings. The predicted molar refractivity (Wildman–Crippen MR) is 87.3 cm³/mol. The van der Waals surface area contributed by atoms with Crippen molar-refractivity contribution < 1.29 is 17.9 Å². The van der Waals surface area contributed by atoms with Gasteiger partial charge in [0, 0.05) is 13.7 Å². The third-order valence-corrected chi connectivity index (χ3v) is 5.51. The maximum Gasteiger partial charge on any atom is 0.240 e. The molecular formula is C14H16ClNO4S2. The van der Waals surface area contributed by atoms with Gasteiger partial charge in [-0.3, -0.25) is 0 Å². The number of hydrogen-bond acceptors (Lipinski definition) is 5. The van der Waals surface area contributed by atoms with Crippen molar-refractivity contribution in [3.8, 4) is 5.75 Å². The summed E-state index contributed by atoms with van der Waals surface area (Å²) in [5, 5.41) is 4.08. The Morgan fingerprint density at radius 2 is 2.09 bits per heavy atom. The van der Waals surface area contributed by atoms with Crippen molar-refractivity contribution in [2.75, 3.05) is 20.8 Å². The Morgan fingerprint density at radius 3 is 2.64 bits per heavy atom. The predicted octanol–water partition coefficient (Wildman–Crippen LogP) is 3.08. The van der Waals surface area contributed by atoms with E-state index in [1.54, 1.807) is 7.11 Å². The Morgan fingerprint density at radius 1 is 1.32 bits per heavy atom. The van der Waals surface area contributed by atoms with Crippen molar-refractivity contribution >= 4 is 33.0 Å². The van der Waals surface area contributed by atoms with Crippen LogP contribution in [0.3, 0.4) is 0 Å². The molecule has 0 spiro atoms. The van der Waals surface area contributed by atoms with E-state index >= 15 is 0 Å². The number of hydrogen-bond donors (Lipinski definition) is 1. The molecular weight excluding hydrogens is 346 g/mol. The second kappa shape index (κ2) is 7.43. The molecule has 120 valence electrons. The second-order valence-electron chi connectivity index (χ2n) is 4.43. The molecule has 1 N–H and O–H groups in total. The van der Waals surface area contributed by atoms with Crippen LogP contribution in [-0.4, -0.2) is 29.2 Å². The van der Waals surface area contributed by atoms with Gasteiger partial charge >= 0.3 is 0 Å². The molecule has 1 aromatic heterocycles. The van der Waals surface area contributed by atoms with Gasteiger partial charge in [0.15, 0.2) is 0 Å². The van der Waals surface area contributed by atoms with Crippen LogP contribution in [0.1, 0.15) is 11.7 Å². The van der Waals surface area contributed by atoms with Crippen molar-refractivity contribution in [1.82, 2.24) is 4.72 Å². The average molecular weight is 362 g/mol. The highest BCUT2D eigenvalue weighted by Crippen LogP contribution is 2.27. The molecule has 22 heavy (non-hydrogen) atoms. The number of ether oxygens (including phenoxy) is 2. The zero-order chi connectivity index (χ0) is 16.2. The van der Waals surface area contributed by atoms with E-state index in [0.717, 1.165) is 5.56 Å². The molecule has 0 bridgehead atoms. The minimum absolute atomic E-state index is 0.0819. The summed E-state index contributed by atoms with van der Waals surface area (Å²) in [7, 11) is -0.658. The van der Waals surface area contributed by atoms with Crippen molar-refractivity contribution in [2.45, 2.75) is 11.0 Å². The smallest absolute Gasteiger partial charge is 0.240 e. The van der Waals surface area contributed by atoms with Crippen molar-refractivity contribution in [3.05, 3.63) is 45.6 Å². The van der Waals surface area contributed by atoms with Gasteiger partial charge in [-0.2, -0.15) is 11.3 Å². The van der Waals surface area contributed by atoms with Crippen LogP contribution in [0.15, 0.2) is 39.9 Å². The lowest BCUT2D eigenvalue weighted by Gasteiger charge is -2.15. The molecule has 0 amide bonds. The summed E-state index contributed by atoms with van der Waals surface area (Å²) < 4.78 is 37.5. The fraction of sp³-hybridized carbons (Fsp3) is 0.286. The zero-order valence-corrected chi connectivity index (χ0v) is 14.5. The van der Waals surface area contributed by atoms with Gasteiger partial charge in [-0.15, -0.1) is 0 Å². The van der Waals surface area contributed by atoms with Gasteiger partial charge in [-0.05, 0) is 40.6 Å². The van der Waals surface area contributed by atoms with E-state index in [-0.39, 0.29) is 22.6 Å². The third-order valence-electron chi connectivity index (χ3n) is 3.09. The van der Waals surface area contributed by atoms with Crippen LogP contribution in [0.4, 0.5) is 0 Å². The highest BCUT2D eigenvalue weighted by atomic mass is 35.5. The number of sulfonamides is 1. The Hall–Kier alpha value is -1.12. The normalized spacial score (nSPS) is 13.0. The van der Waals surface area contributed by atoms with E-state index in [1.165, 1.54) is 36.6 Å². The zero-order valence-electron chi connectivity index (χ0n) is 12.1. The average Bonchev–Trinajstić information content (AvgIpc) is 3.02. The number of rotatable bonds is 7. The van der Waals surface area contributed by atoms with E-state index in [4.69, 9.17) is 21.1 Å². The molecule has 1 atom stereocenters. The lowest BCUT2D eigenvalue weighted by molar-refractivity contribution is 0.107. The number of halogens is 1. The maximum atomic E-state index is 12.3. The van der Waals surface area contributed by atoms with Gasteiger partial charge in [0.05, 0.1) is 23.1 Å². The summed E-state index contributed by atoms with van der Waals surface area (Å²) in [6.07, 6.45) is -0.338. The molecule has 0 saturated carbocycles. The first-order chi connectivity index (χ1) is 10.5. The lowest BCUT2D eigenvalue weighted by Crippen LogP contribution is -2.29. The summed E-state index contributed by atoms with van der Waals surface area (Å²) in [4.78, 5) is 0.0819. The van der Waals surface area contributed by atoms with Crippen molar-refractivity contribution in [2.24, 2.45) is 0 Å². The van der Waals surface area contributed by atoms with Gasteiger partial charge in [0.25, 0.3) is 0 Å². The van der Waals surface area contributed by atoms with Gasteiger partial charge < -0.3 is 9.47 Å². The van der Waals surface area contributed by atoms with E-state index in [1.807, 2.05) is 16.8 Å². The largest absolute Gasteiger partial charge is 0.495 e. The molecule has 2 aromatic rings. The molecule has 0 unspecified atom stereocenters. The fourth-order valence-electron chi connectivity index (χ4n) is 1.88. The summed E-state index contributed by atoms with van der Waals surface area (Å²) in [6, 6.07) is 6.22. The van der Waals surface area contributed by atoms with Crippen LogP contribution in [0.25, 0.3) is 0 Å². The van der Waals surface area contributed by atoms with Gasteiger partial charge in [-0.25, -0.2) is 13.1 Å². The highest BCUT2D eigenvalue weighted by Gasteiger charge is 2.19. The molecule has 1 heterocycles. The van der Waals surface area contributed by atoms with Crippen LogP contribution in [-0.2, 0) is 14.8 Å². The molecule has 2 rings (SSSR count). The molecule has 0 aliphatic rings. The van der Waals surface area contributed by atoms with Crippen LogP contribution in [0, 0.1) is 0 Å². The van der Waals surface area contributed by atoms with E-state index in [9.17, 15) is 8.42 Å². The standard InChI is InChI=1S/C14H16ClNO4S2/c1-19-13-4-3-11(7-12(13)15)22(17,18)16-8-14(20-2)10-5-6-21-9-10/h3-7,9,14,16H,8H2,1-2H3/t14-/m0/s1. The molecule has 0 aliphatic carbocycles. The second-order valence-corrected chi connectivity index (χ2v) is 7.38. The van der Waals surface area contributed by atoms with E-state index < -0.39 is 10.0 Å². The minimum Gasteiger partial charge on any atom is -0.495 e. The topological polar surface area (TPSA) is 64.6 Å². The first-order valence-corrected chi connectivity index (χ1v) is 9.16. The number of nitrogens with one attached hydrogen (secondary N) is 1. The molecule has 8 heteroatoms. The van der Waals surface area contributed by atoms with Crippen LogP contribution < -0.4 is 9.46 Å². The summed E-state index contributed by atoms with van der Waals surface area (Å²) in [5.74, 6) is 0.425. The summed E-state index contributed by atoms with van der Waals surface area (Å²) >= 11 is 7.50. The monoisotopic (exact) mass is 361 g/mol. The Kier molecular flexibility index (Phi) is 5.82. The Balaban J connectivity index is 2.12. The lowest BCUT2D eigenvalue weighted by atomic mass is 10.2. The first kappa shape index (κ1) is 17.2. The van der Waals surface area contributed by atoms with Crippen molar-refractivity contribution in [1.29, 1.82) is 0 Å². The van der Waals surface area contributed by atoms with Gasteiger partial charge in [-0.1, -0.05) is 11.6 Å². The SMILES string of the molecule is COc1ccc(S(=O)(=O)NC[C@H](OC)c2ccsc2)cc1Cl. The molecule has 0 radical (unpaired) electrons. The molecule has 0 saturated heterocycles. The maximum absolute atomic E-state index is 12.3. The van der Waals surface area contributed by atoms with Gasteiger partial charge in [0.1, 0.15) is 5.75 Å². The number of methoxy groups -OCH3 is 2.